The smallest absolute Gasteiger partial charge is 0.267 e. The summed E-state index contributed by atoms with van der Waals surface area (Å²) in [5.41, 5.74) is 1.95. The van der Waals surface area contributed by atoms with Gasteiger partial charge in [-0.15, -0.1) is 0 Å². The van der Waals surface area contributed by atoms with Crippen LogP contribution in [0.1, 0.15) is 11.5 Å². The molecule has 2 aromatic rings. The van der Waals surface area contributed by atoms with Crippen LogP contribution in [0.25, 0.3) is 0 Å². The SMILES string of the molecule is COCCN1CCN(c2ccc(NS(=O)(=O)c3c(C)noc3C)cc2)CC1. The van der Waals surface area contributed by atoms with Crippen molar-refractivity contribution in [2.75, 3.05) is 56.1 Å². The third-order valence-corrected chi connectivity index (χ3v) is 6.33. The number of nitrogens with zero attached hydrogens (tertiary/aromatic N) is 3. The Balaban J connectivity index is 1.63. The van der Waals surface area contributed by atoms with E-state index in [1.54, 1.807) is 33.1 Å². The average molecular weight is 394 g/mol. The standard InChI is InChI=1S/C18H26N4O4S/c1-14-18(15(2)26-19-14)27(23,24)20-16-4-6-17(7-5-16)22-10-8-21(9-11-22)12-13-25-3/h4-7,20H,8-13H2,1-3H3. The fourth-order valence-corrected chi connectivity index (χ4v) is 4.65. The van der Waals surface area contributed by atoms with Crippen LogP contribution in [0.5, 0.6) is 0 Å². The molecule has 27 heavy (non-hydrogen) atoms. The largest absolute Gasteiger partial charge is 0.383 e. The van der Waals surface area contributed by atoms with Gasteiger partial charge in [-0.3, -0.25) is 9.62 Å². The fourth-order valence-electron chi connectivity index (χ4n) is 3.25. The molecular weight excluding hydrogens is 368 g/mol. The van der Waals surface area contributed by atoms with E-state index in [-0.39, 0.29) is 10.7 Å². The summed E-state index contributed by atoms with van der Waals surface area (Å²) in [7, 11) is -2.00. The molecule has 1 N–H and O–H groups in total. The number of hydrogen-bond donors (Lipinski definition) is 1. The highest BCUT2D eigenvalue weighted by Crippen LogP contribution is 2.24. The van der Waals surface area contributed by atoms with E-state index in [0.29, 0.717) is 11.4 Å². The highest BCUT2D eigenvalue weighted by atomic mass is 32.2. The van der Waals surface area contributed by atoms with Crippen molar-refractivity contribution in [3.05, 3.63) is 35.7 Å². The van der Waals surface area contributed by atoms with Gasteiger partial charge in [0.1, 0.15) is 5.69 Å². The van der Waals surface area contributed by atoms with Gasteiger partial charge in [-0.25, -0.2) is 8.42 Å². The molecule has 0 bridgehead atoms. The quantitative estimate of drug-likeness (QED) is 0.767. The Morgan fingerprint density at radius 2 is 1.81 bits per heavy atom. The van der Waals surface area contributed by atoms with Gasteiger partial charge in [-0.2, -0.15) is 0 Å². The van der Waals surface area contributed by atoms with Crippen LogP contribution in [0.3, 0.4) is 0 Å². The zero-order chi connectivity index (χ0) is 19.4. The molecule has 0 amide bonds. The van der Waals surface area contributed by atoms with Crippen LogP contribution in [0.4, 0.5) is 11.4 Å². The van der Waals surface area contributed by atoms with Gasteiger partial charge < -0.3 is 14.2 Å². The van der Waals surface area contributed by atoms with Crippen molar-refractivity contribution in [1.82, 2.24) is 10.1 Å². The van der Waals surface area contributed by atoms with E-state index >= 15 is 0 Å². The fraction of sp³-hybridized carbons (Fsp3) is 0.500. The number of methoxy groups -OCH3 is 1. The average Bonchev–Trinajstić information content (AvgIpc) is 3.00. The number of aryl methyl sites for hydroxylation is 2. The second kappa shape index (κ2) is 8.28. The monoisotopic (exact) mass is 394 g/mol. The van der Waals surface area contributed by atoms with Crippen molar-refractivity contribution in [2.24, 2.45) is 0 Å². The lowest BCUT2D eigenvalue weighted by molar-refractivity contribution is 0.144. The minimum atomic E-state index is -3.72. The highest BCUT2D eigenvalue weighted by Gasteiger charge is 2.24. The number of ether oxygens (including phenoxy) is 1. The lowest BCUT2D eigenvalue weighted by atomic mass is 10.2. The van der Waals surface area contributed by atoms with Gasteiger partial charge in [0.2, 0.25) is 0 Å². The normalized spacial score (nSPS) is 15.9. The predicted molar refractivity (Wildman–Crippen MR) is 104 cm³/mol. The molecule has 0 saturated carbocycles. The van der Waals surface area contributed by atoms with Crippen LogP contribution in [0, 0.1) is 13.8 Å². The van der Waals surface area contributed by atoms with Gasteiger partial charge in [0.25, 0.3) is 10.0 Å². The minimum absolute atomic E-state index is 0.0961. The van der Waals surface area contributed by atoms with Gasteiger partial charge in [-0.1, -0.05) is 5.16 Å². The molecule has 148 valence electrons. The summed E-state index contributed by atoms with van der Waals surface area (Å²) < 4.78 is 37.8. The third-order valence-electron chi connectivity index (χ3n) is 4.71. The summed E-state index contributed by atoms with van der Waals surface area (Å²) >= 11 is 0. The van der Waals surface area contributed by atoms with Gasteiger partial charge in [0, 0.05) is 51.2 Å². The molecule has 1 saturated heterocycles. The maximum Gasteiger partial charge on any atom is 0.267 e. The van der Waals surface area contributed by atoms with Crippen molar-refractivity contribution in [3.8, 4) is 0 Å². The lowest BCUT2D eigenvalue weighted by Crippen LogP contribution is -2.47. The number of aromatic nitrogens is 1. The van der Waals surface area contributed by atoms with Gasteiger partial charge in [0.15, 0.2) is 10.7 Å². The first-order valence-electron chi connectivity index (χ1n) is 8.92. The Morgan fingerprint density at radius 3 is 2.37 bits per heavy atom. The van der Waals surface area contributed by atoms with E-state index in [1.165, 1.54) is 0 Å². The Hall–Kier alpha value is -2.10. The zero-order valence-corrected chi connectivity index (χ0v) is 16.8. The summed E-state index contributed by atoms with van der Waals surface area (Å²) in [6, 6.07) is 7.44. The van der Waals surface area contributed by atoms with E-state index in [9.17, 15) is 8.42 Å². The lowest BCUT2D eigenvalue weighted by Gasteiger charge is -2.36. The Labute approximate surface area is 160 Å². The molecule has 0 spiro atoms. The minimum Gasteiger partial charge on any atom is -0.383 e. The molecular formula is C18H26N4O4S. The van der Waals surface area contributed by atoms with Crippen molar-refractivity contribution in [1.29, 1.82) is 0 Å². The first kappa shape index (κ1) is 19.7. The number of hydrogen-bond acceptors (Lipinski definition) is 7. The van der Waals surface area contributed by atoms with Crippen LogP contribution < -0.4 is 9.62 Å². The first-order chi connectivity index (χ1) is 12.9. The van der Waals surface area contributed by atoms with E-state index < -0.39 is 10.0 Å². The second-order valence-electron chi connectivity index (χ2n) is 6.63. The number of anilines is 2. The Morgan fingerprint density at radius 1 is 1.15 bits per heavy atom. The number of piperazine rings is 1. The predicted octanol–water partition coefficient (Wildman–Crippen LogP) is 1.86. The van der Waals surface area contributed by atoms with Crippen molar-refractivity contribution < 1.29 is 17.7 Å². The molecule has 0 unspecified atom stereocenters. The summed E-state index contributed by atoms with van der Waals surface area (Å²) in [6.07, 6.45) is 0. The molecule has 9 heteroatoms. The second-order valence-corrected chi connectivity index (χ2v) is 8.25. The molecule has 1 fully saturated rings. The van der Waals surface area contributed by atoms with Crippen molar-refractivity contribution >= 4 is 21.4 Å². The van der Waals surface area contributed by atoms with Crippen molar-refractivity contribution in [3.63, 3.8) is 0 Å². The number of nitrogens with one attached hydrogen (secondary N) is 1. The molecule has 2 heterocycles. The molecule has 1 aliphatic heterocycles. The topological polar surface area (TPSA) is 87.9 Å². The molecule has 1 aromatic heterocycles. The maximum absolute atomic E-state index is 12.6. The molecule has 3 rings (SSSR count). The maximum atomic E-state index is 12.6. The Bertz CT molecular complexity index is 836. The van der Waals surface area contributed by atoms with Crippen LogP contribution >= 0.6 is 0 Å². The van der Waals surface area contributed by atoms with Crippen LogP contribution in [-0.2, 0) is 14.8 Å². The molecule has 1 aliphatic rings. The molecule has 0 aliphatic carbocycles. The zero-order valence-electron chi connectivity index (χ0n) is 15.9. The number of rotatable bonds is 7. The summed E-state index contributed by atoms with van der Waals surface area (Å²) in [6.45, 7) is 8.76. The van der Waals surface area contributed by atoms with Crippen LogP contribution in [-0.4, -0.2) is 64.9 Å². The van der Waals surface area contributed by atoms with Gasteiger partial charge >= 0.3 is 0 Å². The summed E-state index contributed by atoms with van der Waals surface area (Å²) in [5, 5.41) is 3.71. The molecule has 8 nitrogen and oxygen atoms in total. The van der Waals surface area contributed by atoms with E-state index in [0.717, 1.165) is 45.0 Å². The third kappa shape index (κ3) is 4.60. The number of benzene rings is 1. The number of sulfonamides is 1. The highest BCUT2D eigenvalue weighted by molar-refractivity contribution is 7.92. The van der Waals surface area contributed by atoms with Crippen molar-refractivity contribution in [2.45, 2.75) is 18.7 Å². The van der Waals surface area contributed by atoms with E-state index in [4.69, 9.17) is 9.26 Å². The van der Waals surface area contributed by atoms with E-state index in [2.05, 4.69) is 19.7 Å². The molecule has 0 radical (unpaired) electrons. The molecule has 0 atom stereocenters. The van der Waals surface area contributed by atoms with Crippen LogP contribution in [0.15, 0.2) is 33.7 Å². The van der Waals surface area contributed by atoms with Crippen LogP contribution in [0.2, 0.25) is 0 Å². The summed E-state index contributed by atoms with van der Waals surface area (Å²) in [4.78, 5) is 4.78. The summed E-state index contributed by atoms with van der Waals surface area (Å²) in [5.74, 6) is 0.281. The van der Waals surface area contributed by atoms with Gasteiger partial charge in [-0.05, 0) is 38.1 Å². The van der Waals surface area contributed by atoms with Gasteiger partial charge in [0.05, 0.1) is 6.61 Å². The first-order valence-corrected chi connectivity index (χ1v) is 10.4. The molecule has 1 aromatic carbocycles. The Kier molecular flexibility index (Phi) is 6.03. The van der Waals surface area contributed by atoms with E-state index in [1.807, 2.05) is 12.1 Å².